The van der Waals surface area contributed by atoms with Crippen LogP contribution in [0.3, 0.4) is 0 Å². The quantitative estimate of drug-likeness (QED) is 0.794. The summed E-state index contributed by atoms with van der Waals surface area (Å²) in [5, 5.41) is 15.7. The first kappa shape index (κ1) is 14.4. The Morgan fingerprint density at radius 2 is 1.84 bits per heavy atom. The van der Waals surface area contributed by atoms with Crippen molar-refractivity contribution in [2.45, 2.75) is 30.9 Å². The molecule has 0 bridgehead atoms. The fourth-order valence-corrected chi connectivity index (χ4v) is 2.94. The third-order valence-electron chi connectivity index (χ3n) is 2.94. The zero-order valence-corrected chi connectivity index (χ0v) is 12.3. The first-order valence-electron chi connectivity index (χ1n) is 6.69. The van der Waals surface area contributed by atoms with Crippen LogP contribution in [0.15, 0.2) is 47.4 Å². The summed E-state index contributed by atoms with van der Waals surface area (Å²) in [5.74, 6) is 0.716. The Labute approximate surface area is 119 Å². The third-order valence-corrected chi connectivity index (χ3v) is 4.16. The number of aliphatic hydroxyl groups excluding tert-OH is 1. The third kappa shape index (κ3) is 4.23. The number of aliphatic hydroxyl groups is 1. The first-order chi connectivity index (χ1) is 9.16. The smallest absolute Gasteiger partial charge is 0.0758 e. The Morgan fingerprint density at radius 1 is 1.11 bits per heavy atom. The van der Waals surface area contributed by atoms with E-state index in [2.05, 4.69) is 61.6 Å². The van der Waals surface area contributed by atoms with Crippen LogP contribution >= 0.6 is 11.8 Å². The lowest BCUT2D eigenvalue weighted by atomic mass is 10.1. The van der Waals surface area contributed by atoms with E-state index in [0.717, 1.165) is 0 Å². The summed E-state index contributed by atoms with van der Waals surface area (Å²) in [5.41, 5.74) is 0. The van der Waals surface area contributed by atoms with Gasteiger partial charge in [0.05, 0.1) is 6.10 Å². The zero-order chi connectivity index (χ0) is 13.7. The Morgan fingerprint density at radius 3 is 2.63 bits per heavy atom. The SMILES string of the molecule is CC(C)NC[C@@H](O)CSc1cccc2ccccc12. The number of nitrogens with one attached hydrogen (secondary N) is 1. The average Bonchev–Trinajstić information content (AvgIpc) is 2.42. The summed E-state index contributed by atoms with van der Waals surface area (Å²) in [6.07, 6.45) is -0.314. The van der Waals surface area contributed by atoms with Crippen molar-refractivity contribution in [2.24, 2.45) is 0 Å². The maximum absolute atomic E-state index is 9.95. The van der Waals surface area contributed by atoms with E-state index < -0.39 is 0 Å². The monoisotopic (exact) mass is 275 g/mol. The Balaban J connectivity index is 1.98. The Hall–Kier alpha value is -1.03. The van der Waals surface area contributed by atoms with Crippen molar-refractivity contribution in [1.29, 1.82) is 0 Å². The van der Waals surface area contributed by atoms with E-state index in [1.807, 2.05) is 0 Å². The standard InChI is InChI=1S/C16H21NOS/c1-12(2)17-10-14(18)11-19-16-9-5-7-13-6-3-4-8-15(13)16/h3-9,12,14,17-18H,10-11H2,1-2H3/t14-/m1/s1. The van der Waals surface area contributed by atoms with Crippen LogP contribution in [0.4, 0.5) is 0 Å². The summed E-state index contributed by atoms with van der Waals surface area (Å²) < 4.78 is 0. The molecule has 3 heteroatoms. The number of fused-ring (bicyclic) bond motifs is 1. The van der Waals surface area contributed by atoms with E-state index in [4.69, 9.17) is 0 Å². The number of thioether (sulfide) groups is 1. The van der Waals surface area contributed by atoms with Crippen LogP contribution in [0.2, 0.25) is 0 Å². The van der Waals surface area contributed by atoms with Crippen molar-refractivity contribution in [3.05, 3.63) is 42.5 Å². The van der Waals surface area contributed by atoms with Gasteiger partial charge in [0, 0.05) is 23.2 Å². The molecule has 0 saturated carbocycles. The molecule has 1 atom stereocenters. The van der Waals surface area contributed by atoms with Crippen molar-refractivity contribution < 1.29 is 5.11 Å². The van der Waals surface area contributed by atoms with Crippen molar-refractivity contribution in [1.82, 2.24) is 5.32 Å². The van der Waals surface area contributed by atoms with Gasteiger partial charge < -0.3 is 10.4 Å². The van der Waals surface area contributed by atoms with Crippen LogP contribution in [-0.2, 0) is 0 Å². The lowest BCUT2D eigenvalue weighted by Gasteiger charge is -2.14. The minimum atomic E-state index is -0.314. The summed E-state index contributed by atoms with van der Waals surface area (Å²) in [7, 11) is 0. The molecule has 0 aliphatic heterocycles. The minimum Gasteiger partial charge on any atom is -0.391 e. The molecule has 2 aromatic carbocycles. The van der Waals surface area contributed by atoms with Crippen molar-refractivity contribution in [3.63, 3.8) is 0 Å². The number of benzene rings is 2. The fraction of sp³-hybridized carbons (Fsp3) is 0.375. The topological polar surface area (TPSA) is 32.3 Å². The summed E-state index contributed by atoms with van der Waals surface area (Å²) in [4.78, 5) is 1.24. The second-order valence-corrected chi connectivity index (χ2v) is 6.07. The van der Waals surface area contributed by atoms with Gasteiger partial charge >= 0.3 is 0 Å². The molecule has 0 heterocycles. The van der Waals surface area contributed by atoms with Gasteiger partial charge in [-0.3, -0.25) is 0 Å². The summed E-state index contributed by atoms with van der Waals surface area (Å²) in [6, 6.07) is 15.1. The highest BCUT2D eigenvalue weighted by molar-refractivity contribution is 7.99. The largest absolute Gasteiger partial charge is 0.391 e. The molecule has 0 saturated heterocycles. The Bertz CT molecular complexity index is 522. The maximum atomic E-state index is 9.95. The summed E-state index contributed by atoms with van der Waals surface area (Å²) >= 11 is 1.72. The molecule has 0 spiro atoms. The molecule has 2 rings (SSSR count). The molecule has 0 aromatic heterocycles. The zero-order valence-electron chi connectivity index (χ0n) is 11.5. The van der Waals surface area contributed by atoms with E-state index in [-0.39, 0.29) is 6.10 Å². The van der Waals surface area contributed by atoms with Gasteiger partial charge in [0.1, 0.15) is 0 Å². The summed E-state index contributed by atoms with van der Waals surface area (Å²) in [6.45, 7) is 4.82. The molecular weight excluding hydrogens is 254 g/mol. The van der Waals surface area contributed by atoms with Crippen LogP contribution in [0.25, 0.3) is 10.8 Å². The second-order valence-electron chi connectivity index (χ2n) is 5.01. The predicted molar refractivity (Wildman–Crippen MR) is 83.8 cm³/mol. The molecule has 19 heavy (non-hydrogen) atoms. The van der Waals surface area contributed by atoms with Crippen LogP contribution in [0.1, 0.15) is 13.8 Å². The molecule has 0 fully saturated rings. The molecule has 0 radical (unpaired) electrons. The number of hydrogen-bond donors (Lipinski definition) is 2. The van der Waals surface area contributed by atoms with Gasteiger partial charge in [0.15, 0.2) is 0 Å². The van der Waals surface area contributed by atoms with Crippen LogP contribution in [0.5, 0.6) is 0 Å². The average molecular weight is 275 g/mol. The molecule has 0 unspecified atom stereocenters. The van der Waals surface area contributed by atoms with Crippen LogP contribution in [0, 0.1) is 0 Å². The molecule has 2 aromatic rings. The molecule has 0 amide bonds. The van der Waals surface area contributed by atoms with Gasteiger partial charge in [-0.2, -0.15) is 0 Å². The van der Waals surface area contributed by atoms with E-state index in [0.29, 0.717) is 18.3 Å². The van der Waals surface area contributed by atoms with Crippen molar-refractivity contribution >= 4 is 22.5 Å². The van der Waals surface area contributed by atoms with E-state index in [9.17, 15) is 5.11 Å². The van der Waals surface area contributed by atoms with E-state index >= 15 is 0 Å². The first-order valence-corrected chi connectivity index (χ1v) is 7.67. The van der Waals surface area contributed by atoms with Crippen molar-refractivity contribution in [3.8, 4) is 0 Å². The fourth-order valence-electron chi connectivity index (χ4n) is 1.94. The highest BCUT2D eigenvalue weighted by Gasteiger charge is 2.07. The molecule has 2 N–H and O–H groups in total. The number of rotatable bonds is 6. The molecule has 2 nitrogen and oxygen atoms in total. The van der Waals surface area contributed by atoms with Gasteiger partial charge in [0.25, 0.3) is 0 Å². The lowest BCUT2D eigenvalue weighted by Crippen LogP contribution is -2.33. The molecule has 0 aliphatic carbocycles. The van der Waals surface area contributed by atoms with Gasteiger partial charge in [-0.15, -0.1) is 11.8 Å². The van der Waals surface area contributed by atoms with Crippen LogP contribution < -0.4 is 5.32 Å². The number of hydrogen-bond acceptors (Lipinski definition) is 3. The van der Waals surface area contributed by atoms with E-state index in [1.165, 1.54) is 15.7 Å². The van der Waals surface area contributed by atoms with Crippen molar-refractivity contribution in [2.75, 3.05) is 12.3 Å². The van der Waals surface area contributed by atoms with Gasteiger partial charge in [-0.25, -0.2) is 0 Å². The molecule has 0 aliphatic rings. The normalized spacial score (nSPS) is 13.1. The van der Waals surface area contributed by atoms with E-state index in [1.54, 1.807) is 11.8 Å². The van der Waals surface area contributed by atoms with Crippen LogP contribution in [-0.4, -0.2) is 29.5 Å². The Kier molecular flexibility index (Phi) is 5.25. The second kappa shape index (κ2) is 6.94. The van der Waals surface area contributed by atoms with Gasteiger partial charge in [-0.1, -0.05) is 50.2 Å². The van der Waals surface area contributed by atoms with Gasteiger partial charge in [-0.05, 0) is 16.8 Å². The highest BCUT2D eigenvalue weighted by atomic mass is 32.2. The maximum Gasteiger partial charge on any atom is 0.0758 e. The predicted octanol–water partition coefficient (Wildman–Crippen LogP) is 3.29. The highest BCUT2D eigenvalue weighted by Crippen LogP contribution is 2.28. The lowest BCUT2D eigenvalue weighted by molar-refractivity contribution is 0.192. The molecule has 102 valence electrons. The minimum absolute atomic E-state index is 0.314. The van der Waals surface area contributed by atoms with Gasteiger partial charge in [0.2, 0.25) is 0 Å². The molecular formula is C16H21NOS.